The highest BCUT2D eigenvalue weighted by atomic mass is 16.7. The van der Waals surface area contributed by atoms with Crippen LogP contribution in [0.5, 0.6) is 23.0 Å². The topological polar surface area (TPSA) is 274 Å². The third-order valence-electron chi connectivity index (χ3n) is 5.72. The molecule has 0 radical (unpaired) electrons. The summed E-state index contributed by atoms with van der Waals surface area (Å²) >= 11 is 0. The third kappa shape index (κ3) is 16.2. The Morgan fingerprint density at radius 1 is 0.640 bits per heavy atom. The number of phenolic OH excluding ortho intramolecular Hbond substituents is 2. The number of carbonyl (C=O) groups excluding carboxylic acids is 6. The van der Waals surface area contributed by atoms with Crippen molar-refractivity contribution in [1.29, 1.82) is 0 Å². The van der Waals surface area contributed by atoms with Gasteiger partial charge < -0.3 is 60.7 Å². The molecule has 276 valence electrons. The average molecular weight is 709 g/mol. The molecule has 0 aliphatic carbocycles. The number of benzene rings is 2. The van der Waals surface area contributed by atoms with E-state index >= 15 is 0 Å². The number of hydrogen-bond acceptors (Lipinski definition) is 14. The molecule has 2 aromatic carbocycles. The predicted molar refractivity (Wildman–Crippen MR) is 174 cm³/mol. The van der Waals surface area contributed by atoms with Gasteiger partial charge in [0.05, 0.1) is 14.2 Å². The van der Waals surface area contributed by atoms with Gasteiger partial charge in [0.2, 0.25) is 11.8 Å². The van der Waals surface area contributed by atoms with Crippen LogP contribution in [-0.4, -0.2) is 84.0 Å². The number of phenols is 2. The summed E-state index contributed by atoms with van der Waals surface area (Å²) in [7, 11) is 2.21. The van der Waals surface area contributed by atoms with Crippen molar-refractivity contribution >= 4 is 36.3 Å². The molecule has 2 atom stereocenters. The molecule has 18 nitrogen and oxygen atoms in total. The minimum atomic E-state index is -1.11. The number of rotatable bonds is 10. The monoisotopic (exact) mass is 708 g/mol. The van der Waals surface area contributed by atoms with Gasteiger partial charge in [-0.25, -0.2) is 19.2 Å². The highest BCUT2D eigenvalue weighted by Gasteiger charge is 2.25. The summed E-state index contributed by atoms with van der Waals surface area (Å²) in [6.45, 7) is 10.1. The lowest BCUT2D eigenvalue weighted by atomic mass is 10.0. The van der Waals surface area contributed by atoms with E-state index in [2.05, 4.69) is 20.1 Å². The van der Waals surface area contributed by atoms with Crippen molar-refractivity contribution < 1.29 is 67.4 Å². The van der Waals surface area contributed by atoms with Crippen molar-refractivity contribution in [2.45, 2.75) is 77.7 Å². The first kappa shape index (κ1) is 42.1. The Labute approximate surface area is 288 Å². The molecule has 2 rings (SSSR count). The predicted octanol–water partition coefficient (Wildman–Crippen LogP) is 2.92. The second-order valence-electron chi connectivity index (χ2n) is 12.3. The van der Waals surface area contributed by atoms with Gasteiger partial charge in [-0.2, -0.15) is 0 Å². The van der Waals surface area contributed by atoms with Gasteiger partial charge in [-0.15, -0.1) is 0 Å². The van der Waals surface area contributed by atoms with Crippen LogP contribution in [0.25, 0.3) is 0 Å². The Balaban J connectivity index is 0.000000526. The Bertz CT molecular complexity index is 1530. The van der Waals surface area contributed by atoms with E-state index in [9.17, 15) is 39.0 Å². The summed E-state index contributed by atoms with van der Waals surface area (Å²) in [5.74, 6) is -2.40. The van der Waals surface area contributed by atoms with E-state index in [-0.39, 0.29) is 35.8 Å². The summed E-state index contributed by atoms with van der Waals surface area (Å²) in [6, 6.07) is 6.12. The molecule has 0 saturated carbocycles. The maximum atomic E-state index is 11.9. The van der Waals surface area contributed by atoms with Gasteiger partial charge in [-0.05, 0) is 76.9 Å². The van der Waals surface area contributed by atoms with Crippen LogP contribution in [0.4, 0.5) is 19.2 Å². The molecule has 0 saturated heterocycles. The zero-order valence-corrected chi connectivity index (χ0v) is 29.0. The lowest BCUT2D eigenvalue weighted by molar-refractivity contribution is -0.120. The fourth-order valence-corrected chi connectivity index (χ4v) is 3.62. The Kier molecular flexibility index (Phi) is 15.6. The molecule has 0 heterocycles. The highest BCUT2D eigenvalue weighted by molar-refractivity contribution is 5.85. The van der Waals surface area contributed by atoms with Crippen LogP contribution in [0, 0.1) is 0 Å². The largest absolute Gasteiger partial charge is 0.513 e. The quantitative estimate of drug-likeness (QED) is 0.0896. The zero-order chi connectivity index (χ0) is 38.4. The van der Waals surface area contributed by atoms with Crippen LogP contribution < -0.4 is 31.6 Å². The second-order valence-corrected chi connectivity index (χ2v) is 12.3. The number of nitrogens with two attached hydrogens (primary N) is 2. The molecule has 8 N–H and O–H groups in total. The minimum Gasteiger partial charge on any atom is -0.504 e. The first-order chi connectivity index (χ1) is 23.0. The molecule has 0 aromatic heterocycles. The summed E-state index contributed by atoms with van der Waals surface area (Å²) in [5.41, 5.74) is 10.1. The van der Waals surface area contributed by atoms with E-state index in [0.29, 0.717) is 11.1 Å². The second kappa shape index (κ2) is 18.6. The lowest BCUT2D eigenvalue weighted by Crippen LogP contribution is -2.47. The standard InChI is InChI=1S/C18H24N2O9.C14H20N2O5/c1-18(2,3)29-15(22)20-11(14(19)21)8-10-6-7-12(27-16(23)25-4)13(9-10)28-17(24)26-5;1-14(2,3)21-13(20)16-9(12(15)19)6-8-4-5-10(17)11(18)7-8/h6-7,9,11H,8H2,1-5H3,(H2,19,21)(H,20,22);4-5,7,9,17-18H,6H2,1-3H3,(H2,15,19)(H,16,20)/t11-;9-/m00/s1. The smallest absolute Gasteiger partial charge is 0.504 e. The van der Waals surface area contributed by atoms with Crippen LogP contribution >= 0.6 is 0 Å². The number of amides is 4. The number of ether oxygens (including phenoxy) is 6. The van der Waals surface area contributed by atoms with E-state index in [1.807, 2.05) is 0 Å². The summed E-state index contributed by atoms with van der Waals surface area (Å²) in [4.78, 5) is 69.5. The number of nitrogens with one attached hydrogen (secondary N) is 2. The van der Waals surface area contributed by atoms with Crippen molar-refractivity contribution in [3.8, 4) is 23.0 Å². The summed E-state index contributed by atoms with van der Waals surface area (Å²) in [6.07, 6.45) is -3.65. The van der Waals surface area contributed by atoms with Gasteiger partial charge >= 0.3 is 24.5 Å². The number of hydrogen-bond donors (Lipinski definition) is 6. The van der Waals surface area contributed by atoms with Gasteiger partial charge in [-0.3, -0.25) is 9.59 Å². The zero-order valence-electron chi connectivity index (χ0n) is 29.0. The highest BCUT2D eigenvalue weighted by Crippen LogP contribution is 2.30. The van der Waals surface area contributed by atoms with E-state index in [1.165, 1.54) is 36.4 Å². The first-order valence-electron chi connectivity index (χ1n) is 14.8. The van der Waals surface area contributed by atoms with Crippen LogP contribution in [0.2, 0.25) is 0 Å². The third-order valence-corrected chi connectivity index (χ3v) is 5.72. The SMILES string of the molecule is CC(C)(C)OC(=O)N[C@@H](Cc1ccc(O)c(O)c1)C(N)=O.COC(=O)Oc1ccc(C[C@H](NC(=O)OC(C)(C)C)C(N)=O)cc1OC(=O)OC. The molecule has 0 unspecified atom stereocenters. The molecule has 2 aromatic rings. The van der Waals surface area contributed by atoms with Crippen LogP contribution in [0.1, 0.15) is 52.7 Å². The molecular weight excluding hydrogens is 664 g/mol. The van der Waals surface area contributed by atoms with Gasteiger partial charge in [0.25, 0.3) is 0 Å². The van der Waals surface area contributed by atoms with Crippen LogP contribution in [0.15, 0.2) is 36.4 Å². The van der Waals surface area contributed by atoms with Gasteiger partial charge in [-0.1, -0.05) is 12.1 Å². The van der Waals surface area contributed by atoms with Gasteiger partial charge in [0, 0.05) is 12.8 Å². The number of alkyl carbamates (subject to hydrolysis) is 2. The van der Waals surface area contributed by atoms with Crippen LogP contribution in [0.3, 0.4) is 0 Å². The minimum absolute atomic E-state index is 0.0510. The maximum absolute atomic E-state index is 11.9. The van der Waals surface area contributed by atoms with Crippen molar-refractivity contribution in [3.05, 3.63) is 47.5 Å². The number of primary amides is 2. The maximum Gasteiger partial charge on any atom is 0.513 e. The molecule has 4 amide bonds. The van der Waals surface area contributed by atoms with Crippen molar-refractivity contribution in [2.24, 2.45) is 11.5 Å². The molecule has 0 fully saturated rings. The Hall–Kier alpha value is -5.94. The van der Waals surface area contributed by atoms with Crippen LogP contribution in [-0.2, 0) is 41.4 Å². The van der Waals surface area contributed by atoms with E-state index < -0.39 is 59.6 Å². The summed E-state index contributed by atoms with van der Waals surface area (Å²) < 4.78 is 28.8. The molecule has 0 aliphatic heterocycles. The average Bonchev–Trinajstić information content (AvgIpc) is 2.97. The molecule has 0 bridgehead atoms. The lowest BCUT2D eigenvalue weighted by Gasteiger charge is -2.22. The van der Waals surface area contributed by atoms with E-state index in [4.69, 9.17) is 30.4 Å². The number of aromatic hydroxyl groups is 2. The fourth-order valence-electron chi connectivity index (χ4n) is 3.62. The van der Waals surface area contributed by atoms with Crippen molar-refractivity contribution in [3.63, 3.8) is 0 Å². The van der Waals surface area contributed by atoms with Crippen molar-refractivity contribution in [2.75, 3.05) is 14.2 Å². The molecule has 50 heavy (non-hydrogen) atoms. The number of carbonyl (C=O) groups is 6. The number of methoxy groups -OCH3 is 2. The van der Waals surface area contributed by atoms with E-state index in [1.54, 1.807) is 41.5 Å². The Morgan fingerprint density at radius 3 is 1.42 bits per heavy atom. The molecule has 0 spiro atoms. The van der Waals surface area contributed by atoms with E-state index in [0.717, 1.165) is 14.2 Å². The molecular formula is C32H44N4O14. The normalized spacial score (nSPS) is 12.0. The summed E-state index contributed by atoms with van der Waals surface area (Å²) in [5, 5.41) is 23.4. The van der Waals surface area contributed by atoms with Gasteiger partial charge in [0.15, 0.2) is 23.0 Å². The molecule has 0 aliphatic rings. The molecule has 18 heteroatoms. The Morgan fingerprint density at radius 2 is 1.04 bits per heavy atom. The fraction of sp³-hybridized carbons (Fsp3) is 0.438. The van der Waals surface area contributed by atoms with Gasteiger partial charge in [0.1, 0.15) is 23.3 Å². The van der Waals surface area contributed by atoms with Crippen molar-refractivity contribution in [1.82, 2.24) is 10.6 Å². The first-order valence-corrected chi connectivity index (χ1v) is 14.8.